The molecule has 0 bridgehead atoms. The molecule has 8 heteroatoms. The van der Waals surface area contributed by atoms with E-state index < -0.39 is 5.97 Å². The van der Waals surface area contributed by atoms with Crippen LogP contribution in [0.1, 0.15) is 6.42 Å². The predicted octanol–water partition coefficient (Wildman–Crippen LogP) is -0.0669. The fourth-order valence-corrected chi connectivity index (χ4v) is 1.74. The number of thioether (sulfide) groups is 1. The van der Waals surface area contributed by atoms with Crippen LogP contribution < -0.4 is 0 Å². The van der Waals surface area contributed by atoms with Crippen LogP contribution in [0, 0.1) is 0 Å². The molecular weight excluding hydrogens is 244 g/mol. The third kappa shape index (κ3) is 4.43. The van der Waals surface area contributed by atoms with E-state index in [4.69, 9.17) is 5.11 Å². The topological polar surface area (TPSA) is 88.3 Å². The number of aliphatic carboxylic acids is 1. The highest BCUT2D eigenvalue weighted by atomic mass is 32.2. The molecule has 1 N–H and O–H groups in total. The van der Waals surface area contributed by atoms with Crippen LogP contribution in [0.3, 0.4) is 0 Å². The van der Waals surface area contributed by atoms with E-state index in [0.717, 1.165) is 11.8 Å². The molecule has 0 spiro atoms. The van der Waals surface area contributed by atoms with Gasteiger partial charge in [0.05, 0.1) is 5.75 Å². The minimum Gasteiger partial charge on any atom is -0.481 e. The van der Waals surface area contributed by atoms with Gasteiger partial charge in [0.25, 0.3) is 0 Å². The summed E-state index contributed by atoms with van der Waals surface area (Å²) < 4.78 is 1.68. The zero-order valence-electron chi connectivity index (χ0n) is 9.66. The lowest BCUT2D eigenvalue weighted by Crippen LogP contribution is -2.22. The molecule has 0 unspecified atom stereocenters. The van der Waals surface area contributed by atoms with Gasteiger partial charge >= 0.3 is 5.97 Å². The quantitative estimate of drug-likeness (QED) is 0.719. The third-order valence-electron chi connectivity index (χ3n) is 1.97. The van der Waals surface area contributed by atoms with Crippen molar-refractivity contribution in [2.24, 2.45) is 0 Å². The second kappa shape index (κ2) is 6.24. The van der Waals surface area contributed by atoms with E-state index >= 15 is 0 Å². The maximum Gasteiger partial charge on any atom is 0.313 e. The van der Waals surface area contributed by atoms with Crippen molar-refractivity contribution in [2.45, 2.75) is 18.1 Å². The van der Waals surface area contributed by atoms with Gasteiger partial charge in [0.1, 0.15) is 6.33 Å². The molecule has 94 valence electrons. The van der Waals surface area contributed by atoms with Crippen LogP contribution in [0.2, 0.25) is 0 Å². The van der Waals surface area contributed by atoms with Gasteiger partial charge in [-0.15, -0.1) is 10.2 Å². The van der Waals surface area contributed by atoms with Gasteiger partial charge in [0, 0.05) is 27.1 Å². The van der Waals surface area contributed by atoms with Crippen molar-refractivity contribution in [3.8, 4) is 0 Å². The van der Waals surface area contributed by atoms with Crippen LogP contribution in [-0.4, -0.2) is 56.5 Å². The number of rotatable bonds is 6. The summed E-state index contributed by atoms with van der Waals surface area (Å²) in [4.78, 5) is 23.3. The fourth-order valence-electron chi connectivity index (χ4n) is 1.08. The first-order valence-corrected chi connectivity index (χ1v) is 5.92. The Morgan fingerprint density at radius 2 is 2.24 bits per heavy atom. The number of aromatic nitrogens is 3. The van der Waals surface area contributed by atoms with Crippen LogP contribution in [0.25, 0.3) is 0 Å². The Morgan fingerprint density at radius 1 is 1.53 bits per heavy atom. The van der Waals surface area contributed by atoms with E-state index in [1.807, 2.05) is 0 Å². The Hall–Kier alpha value is -1.57. The SMILES string of the molecule is CN(C)C(=O)CCn1cnnc1SCC(=O)O. The largest absolute Gasteiger partial charge is 0.481 e. The summed E-state index contributed by atoms with van der Waals surface area (Å²) in [5.41, 5.74) is 0. The number of carbonyl (C=O) groups is 2. The smallest absolute Gasteiger partial charge is 0.313 e. The van der Waals surface area contributed by atoms with Crippen molar-refractivity contribution in [3.63, 3.8) is 0 Å². The maximum absolute atomic E-state index is 11.4. The third-order valence-corrected chi connectivity index (χ3v) is 2.94. The van der Waals surface area contributed by atoms with Gasteiger partial charge in [-0.05, 0) is 0 Å². The van der Waals surface area contributed by atoms with Crippen LogP contribution in [0.5, 0.6) is 0 Å². The van der Waals surface area contributed by atoms with Crippen molar-refractivity contribution < 1.29 is 14.7 Å². The Bertz CT molecular complexity index is 405. The van der Waals surface area contributed by atoms with E-state index in [1.54, 1.807) is 18.7 Å². The van der Waals surface area contributed by atoms with Crippen molar-refractivity contribution in [1.29, 1.82) is 0 Å². The van der Waals surface area contributed by atoms with Crippen molar-refractivity contribution >= 4 is 23.6 Å². The number of aryl methyl sites for hydroxylation is 1. The highest BCUT2D eigenvalue weighted by molar-refractivity contribution is 7.99. The van der Waals surface area contributed by atoms with Crippen LogP contribution in [-0.2, 0) is 16.1 Å². The first-order valence-electron chi connectivity index (χ1n) is 4.93. The summed E-state index contributed by atoms with van der Waals surface area (Å²) in [6.07, 6.45) is 1.83. The lowest BCUT2D eigenvalue weighted by Gasteiger charge is -2.10. The summed E-state index contributed by atoms with van der Waals surface area (Å²) in [5, 5.41) is 16.6. The zero-order chi connectivity index (χ0) is 12.8. The van der Waals surface area contributed by atoms with Crippen LogP contribution in [0.4, 0.5) is 0 Å². The minimum atomic E-state index is -0.908. The molecular formula is C9H14N4O3S. The van der Waals surface area contributed by atoms with E-state index in [9.17, 15) is 9.59 Å². The average molecular weight is 258 g/mol. The van der Waals surface area contributed by atoms with Gasteiger partial charge in [-0.1, -0.05) is 11.8 Å². The number of hydrogen-bond acceptors (Lipinski definition) is 5. The molecule has 0 atom stereocenters. The minimum absolute atomic E-state index is 0.00730. The standard InChI is InChI=1S/C9H14N4O3S/c1-12(2)7(14)3-4-13-6-10-11-9(13)17-5-8(15)16/h6H,3-5H2,1-2H3,(H,15,16). The number of amides is 1. The highest BCUT2D eigenvalue weighted by Gasteiger charge is 2.10. The summed E-state index contributed by atoms with van der Waals surface area (Å²) in [5.74, 6) is -0.970. The second-order valence-electron chi connectivity index (χ2n) is 3.53. The summed E-state index contributed by atoms with van der Waals surface area (Å²) in [6, 6.07) is 0. The van der Waals surface area contributed by atoms with Crippen LogP contribution >= 0.6 is 11.8 Å². The molecule has 1 amide bonds. The summed E-state index contributed by atoms with van der Waals surface area (Å²) >= 11 is 1.09. The molecule has 17 heavy (non-hydrogen) atoms. The van der Waals surface area contributed by atoms with Gasteiger partial charge in [0.15, 0.2) is 5.16 Å². The van der Waals surface area contributed by atoms with Gasteiger partial charge in [-0.2, -0.15) is 0 Å². The Morgan fingerprint density at radius 3 is 2.82 bits per heavy atom. The number of carboxylic acid groups (broad SMARTS) is 1. The van der Waals surface area contributed by atoms with E-state index in [0.29, 0.717) is 18.1 Å². The molecule has 0 saturated heterocycles. The Kier molecular flexibility index (Phi) is 4.95. The summed E-state index contributed by atoms with van der Waals surface area (Å²) in [6.45, 7) is 0.450. The van der Waals surface area contributed by atoms with Crippen molar-refractivity contribution in [3.05, 3.63) is 6.33 Å². The molecule has 0 saturated carbocycles. The molecule has 0 aliphatic heterocycles. The van der Waals surface area contributed by atoms with Crippen LogP contribution in [0.15, 0.2) is 11.5 Å². The monoisotopic (exact) mass is 258 g/mol. The number of carboxylic acids is 1. The highest BCUT2D eigenvalue weighted by Crippen LogP contribution is 2.14. The van der Waals surface area contributed by atoms with E-state index in [1.165, 1.54) is 11.2 Å². The molecule has 0 aromatic carbocycles. The normalized spacial score (nSPS) is 10.2. The molecule has 1 aromatic heterocycles. The molecule has 0 aliphatic rings. The number of carbonyl (C=O) groups excluding carboxylic acids is 1. The molecule has 1 heterocycles. The number of nitrogens with zero attached hydrogens (tertiary/aromatic N) is 4. The van der Waals surface area contributed by atoms with Crippen molar-refractivity contribution in [1.82, 2.24) is 19.7 Å². The maximum atomic E-state index is 11.4. The lowest BCUT2D eigenvalue weighted by atomic mass is 10.4. The first kappa shape index (κ1) is 13.5. The zero-order valence-corrected chi connectivity index (χ0v) is 10.5. The predicted molar refractivity (Wildman–Crippen MR) is 61.7 cm³/mol. The molecule has 1 rings (SSSR count). The first-order chi connectivity index (χ1) is 8.00. The average Bonchev–Trinajstić information content (AvgIpc) is 2.70. The Balaban J connectivity index is 2.51. The molecule has 1 aromatic rings. The number of hydrogen-bond donors (Lipinski definition) is 1. The van der Waals surface area contributed by atoms with E-state index in [-0.39, 0.29) is 11.7 Å². The van der Waals surface area contributed by atoms with Crippen molar-refractivity contribution in [2.75, 3.05) is 19.8 Å². The fraction of sp³-hybridized carbons (Fsp3) is 0.556. The Labute approximate surface area is 103 Å². The molecule has 0 radical (unpaired) electrons. The second-order valence-corrected chi connectivity index (χ2v) is 4.47. The summed E-state index contributed by atoms with van der Waals surface area (Å²) in [7, 11) is 3.38. The van der Waals surface area contributed by atoms with Gasteiger partial charge in [-0.25, -0.2) is 0 Å². The van der Waals surface area contributed by atoms with E-state index in [2.05, 4.69) is 10.2 Å². The van der Waals surface area contributed by atoms with Gasteiger partial charge in [0.2, 0.25) is 5.91 Å². The van der Waals surface area contributed by atoms with Gasteiger partial charge < -0.3 is 14.6 Å². The lowest BCUT2D eigenvalue weighted by molar-refractivity contribution is -0.134. The molecule has 0 fully saturated rings. The molecule has 7 nitrogen and oxygen atoms in total. The van der Waals surface area contributed by atoms with Gasteiger partial charge in [-0.3, -0.25) is 9.59 Å². The molecule has 0 aliphatic carbocycles.